The molecule has 3 heterocycles. The summed E-state index contributed by atoms with van der Waals surface area (Å²) in [5.41, 5.74) is 26.4. The number of benzene rings is 9. The number of aryl methyl sites for hydroxylation is 8. The van der Waals surface area contributed by atoms with Crippen LogP contribution in [0.15, 0.2) is 206 Å². The molecule has 0 aliphatic heterocycles. The summed E-state index contributed by atoms with van der Waals surface area (Å²) in [5, 5.41) is 4.00. The van der Waals surface area contributed by atoms with Gasteiger partial charge >= 0.3 is 0 Å². The molecule has 3 aromatic heterocycles. The molecular formula is C103H160N3W3-3. The van der Waals surface area contributed by atoms with E-state index in [1.54, 1.807) is 0 Å². The molecule has 0 bridgehead atoms. The molecule has 0 amide bonds. The van der Waals surface area contributed by atoms with Gasteiger partial charge in [-0.05, 0) is 113 Å². The van der Waals surface area contributed by atoms with Gasteiger partial charge in [0, 0.05) is 132 Å². The third-order valence-electron chi connectivity index (χ3n) is 14.8. The Kier molecular flexibility index (Phi) is 93.7. The van der Waals surface area contributed by atoms with E-state index in [1.807, 2.05) is 258 Å². The fraction of sp³-hybridized carbons (Fsp3) is 0.417. The molecule has 0 spiro atoms. The van der Waals surface area contributed by atoms with Crippen LogP contribution in [0.4, 0.5) is 0 Å². The third kappa shape index (κ3) is 39.1. The van der Waals surface area contributed by atoms with Crippen LogP contribution in [0.25, 0.3) is 66.5 Å². The number of para-hydroxylation sites is 3. The fourth-order valence-corrected chi connectivity index (χ4v) is 11.2. The summed E-state index contributed by atoms with van der Waals surface area (Å²) >= 11 is 0. The van der Waals surface area contributed by atoms with Crippen molar-refractivity contribution < 1.29 is 63.2 Å². The predicted octanol–water partition coefficient (Wildman–Crippen LogP) is 34.3. The van der Waals surface area contributed by atoms with Crippen LogP contribution in [0.1, 0.15) is 283 Å². The number of hydrogen-bond donors (Lipinski definition) is 0. The topological polar surface area (TPSA) is 14.8 Å². The quantitative estimate of drug-likeness (QED) is 0.128. The van der Waals surface area contributed by atoms with E-state index in [1.165, 1.54) is 128 Å². The van der Waals surface area contributed by atoms with Crippen molar-refractivity contribution in [3.8, 4) is 33.8 Å². The average Bonchev–Trinajstić information content (AvgIpc) is 1.63. The molecule has 12 rings (SSSR count). The first-order chi connectivity index (χ1) is 52.1. The zero-order valence-corrected chi connectivity index (χ0v) is 86.1. The summed E-state index contributed by atoms with van der Waals surface area (Å²) in [6.45, 7) is 84.3. The molecule has 9 aromatic carbocycles. The Morgan fingerprint density at radius 2 is 0.468 bits per heavy atom. The maximum Gasteiger partial charge on any atom is 0.0528 e. The minimum atomic E-state index is 0. The first-order valence-electron chi connectivity index (χ1n) is 41.9. The van der Waals surface area contributed by atoms with Crippen molar-refractivity contribution in [1.29, 1.82) is 0 Å². The first kappa shape index (κ1) is 124. The third-order valence-corrected chi connectivity index (χ3v) is 14.8. The predicted molar refractivity (Wildman–Crippen MR) is 495 cm³/mol. The molecule has 0 atom stereocenters. The van der Waals surface area contributed by atoms with Gasteiger partial charge in [0.05, 0.1) is 17.1 Å². The second-order valence-electron chi connectivity index (χ2n) is 19.9. The number of fused-ring (bicyclic) bond motifs is 3. The SMILES string of the molecule is CC.CC.CC.CC.CC.CC.CC.CC.CC.CC.CC.CC.CC.CC.CC.CC.Cc1ccc(-c2c(C)c3ccccc3n2Cc2cc[c-]cc2)c(C)c1.Cc1cccc(C)c1-c1c(C)c2ccccc2n1Cc1cc[c-]cc1.Cc1ccccc1-c1c(C)c2ccccc2n1Cc1cc[c-]cc1.[W].[W].[W]. The minimum Gasteiger partial charge on any atom is -0.338 e. The van der Waals surface area contributed by atoms with E-state index in [9.17, 15) is 0 Å². The summed E-state index contributed by atoms with van der Waals surface area (Å²) in [6, 6.07) is 82.3. The first-order valence-corrected chi connectivity index (χ1v) is 41.9. The normalized spacial score (nSPS) is 8.44. The van der Waals surface area contributed by atoms with E-state index >= 15 is 0 Å². The number of hydrogen-bond acceptors (Lipinski definition) is 0. The number of nitrogens with zero attached hydrogens (tertiary/aromatic N) is 3. The van der Waals surface area contributed by atoms with Crippen LogP contribution in [0, 0.1) is 73.6 Å². The zero-order valence-electron chi connectivity index (χ0n) is 77.3. The molecule has 6 heteroatoms. The maximum absolute atomic E-state index is 3.12. The van der Waals surface area contributed by atoms with Crippen LogP contribution in [0.5, 0.6) is 0 Å². The van der Waals surface area contributed by atoms with Crippen LogP contribution in [0.3, 0.4) is 0 Å². The standard InChI is InChI=1S/2C24H22N.C23H20N.16C2H6.3W/c1-17-10-9-11-18(2)23(17)24-19(3)21-14-7-8-15-22(21)25(24)16-20-12-5-4-6-13-20;1-17-13-14-21(18(2)15-17)24-19(3)22-11-7-8-12-23(22)25(24)16-20-9-5-4-6-10-20;1-17-10-6-7-13-20(17)23-18(2)21-14-8-9-15-22(21)24(23)16-19-11-4-3-5-12-19;16*1-2;;;/h2*5-15H,16H2,1-3H3;4-15H,16H2,1-2H3;16*1-2H3;;;/q3*-1;;;;;;;;;;;;;;;;;;;. The van der Waals surface area contributed by atoms with E-state index < -0.39 is 0 Å². The van der Waals surface area contributed by atoms with E-state index in [2.05, 4.69) is 257 Å². The Bertz CT molecular complexity index is 3880. The van der Waals surface area contributed by atoms with E-state index in [0.717, 1.165) is 19.6 Å². The monoisotopic (exact) mass is 1990 g/mol. The van der Waals surface area contributed by atoms with Gasteiger partial charge in [-0.2, -0.15) is 91.0 Å². The van der Waals surface area contributed by atoms with Gasteiger partial charge in [0.25, 0.3) is 0 Å². The summed E-state index contributed by atoms with van der Waals surface area (Å²) in [4.78, 5) is 0. The molecule has 0 saturated carbocycles. The fourth-order valence-electron chi connectivity index (χ4n) is 11.2. The minimum absolute atomic E-state index is 0. The molecule has 0 fully saturated rings. The van der Waals surface area contributed by atoms with Crippen LogP contribution >= 0.6 is 0 Å². The molecule has 0 unspecified atom stereocenters. The van der Waals surface area contributed by atoms with Gasteiger partial charge in [0.2, 0.25) is 0 Å². The smallest absolute Gasteiger partial charge is 0.0528 e. The molecule has 608 valence electrons. The van der Waals surface area contributed by atoms with Crippen molar-refractivity contribution in [3.05, 3.63) is 286 Å². The average molecular weight is 1990 g/mol. The van der Waals surface area contributed by atoms with Crippen molar-refractivity contribution in [2.45, 2.75) is 297 Å². The van der Waals surface area contributed by atoms with Crippen molar-refractivity contribution in [3.63, 3.8) is 0 Å². The molecule has 12 aromatic rings. The maximum atomic E-state index is 3.12. The molecule has 3 nitrogen and oxygen atoms in total. The van der Waals surface area contributed by atoms with Gasteiger partial charge in [-0.25, -0.2) is 0 Å². The van der Waals surface area contributed by atoms with Crippen molar-refractivity contribution in [1.82, 2.24) is 13.7 Å². The Labute approximate surface area is 719 Å². The van der Waals surface area contributed by atoms with Crippen molar-refractivity contribution in [2.24, 2.45) is 0 Å². The molecule has 0 aliphatic carbocycles. The van der Waals surface area contributed by atoms with Gasteiger partial charge in [0.15, 0.2) is 0 Å². The van der Waals surface area contributed by atoms with Crippen molar-refractivity contribution in [2.75, 3.05) is 0 Å². The number of aromatic nitrogens is 3. The van der Waals surface area contributed by atoms with Gasteiger partial charge < -0.3 is 13.7 Å². The van der Waals surface area contributed by atoms with Gasteiger partial charge in [-0.1, -0.05) is 342 Å². The summed E-state index contributed by atoms with van der Waals surface area (Å²) in [5.74, 6) is 0. The molecule has 0 radical (unpaired) electrons. The Morgan fingerprint density at radius 3 is 0.752 bits per heavy atom. The number of rotatable bonds is 9. The summed E-state index contributed by atoms with van der Waals surface area (Å²) in [6.07, 6.45) is 0. The van der Waals surface area contributed by atoms with Crippen LogP contribution in [-0.2, 0) is 82.8 Å². The Morgan fingerprint density at radius 1 is 0.229 bits per heavy atom. The molecule has 0 aliphatic rings. The summed E-state index contributed by atoms with van der Waals surface area (Å²) < 4.78 is 7.37. The molecule has 0 N–H and O–H groups in total. The largest absolute Gasteiger partial charge is 0.338 e. The zero-order chi connectivity index (χ0) is 83.3. The van der Waals surface area contributed by atoms with Gasteiger partial charge in [0.1, 0.15) is 0 Å². The van der Waals surface area contributed by atoms with Gasteiger partial charge in [-0.15, -0.1) is 16.7 Å². The second-order valence-corrected chi connectivity index (χ2v) is 19.9. The van der Waals surface area contributed by atoms with Crippen LogP contribution in [-0.4, -0.2) is 13.7 Å². The van der Waals surface area contributed by atoms with E-state index in [-0.39, 0.29) is 63.2 Å². The van der Waals surface area contributed by atoms with Crippen LogP contribution in [0.2, 0.25) is 0 Å². The van der Waals surface area contributed by atoms with E-state index in [4.69, 9.17) is 0 Å². The van der Waals surface area contributed by atoms with Crippen LogP contribution < -0.4 is 0 Å². The Hall–Kier alpha value is -6.34. The molecule has 0 saturated heterocycles. The molecular weight excluding hydrogens is 1830 g/mol. The van der Waals surface area contributed by atoms with Gasteiger partial charge in [-0.3, -0.25) is 0 Å². The van der Waals surface area contributed by atoms with Crippen molar-refractivity contribution >= 4 is 32.7 Å². The Balaban J connectivity index is -0.000000140. The second kappa shape index (κ2) is 82.6. The van der Waals surface area contributed by atoms with E-state index in [0.29, 0.717) is 0 Å². The summed E-state index contributed by atoms with van der Waals surface area (Å²) in [7, 11) is 0. The molecule has 109 heavy (non-hydrogen) atoms.